The fraction of sp³-hybridized carbons (Fsp3) is 0.136. The molecular formula is C22H17FN2O4S. The van der Waals surface area contributed by atoms with Crippen LogP contribution in [0.3, 0.4) is 0 Å². The second kappa shape index (κ2) is 8.16. The van der Waals surface area contributed by atoms with Crippen molar-refractivity contribution in [1.82, 2.24) is 9.55 Å². The molecule has 0 aliphatic rings. The molecule has 0 spiro atoms. The van der Waals surface area contributed by atoms with Gasteiger partial charge in [0.15, 0.2) is 5.16 Å². The van der Waals surface area contributed by atoms with E-state index in [0.717, 1.165) is 0 Å². The molecule has 0 bridgehead atoms. The smallest absolute Gasteiger partial charge is 0.374 e. The van der Waals surface area contributed by atoms with Gasteiger partial charge in [0.05, 0.1) is 29.5 Å². The van der Waals surface area contributed by atoms with Crippen LogP contribution in [0.15, 0.2) is 69.0 Å². The number of fused-ring (bicyclic) bond motifs is 1. The van der Waals surface area contributed by atoms with E-state index < -0.39 is 11.8 Å². The monoisotopic (exact) mass is 424 g/mol. The number of nitrogens with zero attached hydrogens (tertiary/aromatic N) is 2. The summed E-state index contributed by atoms with van der Waals surface area (Å²) in [4.78, 5) is 29.6. The van der Waals surface area contributed by atoms with Crippen molar-refractivity contribution in [3.63, 3.8) is 0 Å². The second-order valence-electron chi connectivity index (χ2n) is 6.53. The minimum Gasteiger partial charge on any atom is -0.463 e. The van der Waals surface area contributed by atoms with Gasteiger partial charge in [-0.1, -0.05) is 23.9 Å². The van der Waals surface area contributed by atoms with Gasteiger partial charge in [0.25, 0.3) is 5.56 Å². The Morgan fingerprint density at radius 3 is 2.67 bits per heavy atom. The fourth-order valence-corrected chi connectivity index (χ4v) is 3.97. The van der Waals surface area contributed by atoms with Crippen LogP contribution >= 0.6 is 11.8 Å². The third-order valence-corrected chi connectivity index (χ3v) is 5.47. The van der Waals surface area contributed by atoms with Gasteiger partial charge in [-0.15, -0.1) is 0 Å². The highest BCUT2D eigenvalue weighted by Crippen LogP contribution is 2.27. The van der Waals surface area contributed by atoms with E-state index in [2.05, 4.69) is 4.98 Å². The molecule has 0 N–H and O–H groups in total. The first-order valence-electron chi connectivity index (χ1n) is 9.06. The first-order chi connectivity index (χ1) is 14.5. The number of thioether (sulfide) groups is 1. The lowest BCUT2D eigenvalue weighted by atomic mass is 10.2. The Morgan fingerprint density at radius 1 is 1.20 bits per heavy atom. The van der Waals surface area contributed by atoms with Crippen LogP contribution in [0.1, 0.15) is 21.9 Å². The number of halogens is 1. The van der Waals surface area contributed by atoms with E-state index in [4.69, 9.17) is 9.15 Å². The van der Waals surface area contributed by atoms with Crippen molar-refractivity contribution in [1.29, 1.82) is 0 Å². The Morgan fingerprint density at radius 2 is 1.93 bits per heavy atom. The average molecular weight is 424 g/mol. The summed E-state index contributed by atoms with van der Waals surface area (Å²) in [6.07, 6.45) is 0. The van der Waals surface area contributed by atoms with Crippen molar-refractivity contribution >= 4 is 28.6 Å². The molecule has 0 amide bonds. The predicted molar refractivity (Wildman–Crippen MR) is 112 cm³/mol. The molecular weight excluding hydrogens is 407 g/mol. The van der Waals surface area contributed by atoms with Gasteiger partial charge in [-0.05, 0) is 49.4 Å². The summed E-state index contributed by atoms with van der Waals surface area (Å²) >= 11 is 1.28. The van der Waals surface area contributed by atoms with Crippen LogP contribution in [-0.2, 0) is 10.5 Å². The molecule has 0 atom stereocenters. The maximum absolute atomic E-state index is 13.4. The number of esters is 1. The van der Waals surface area contributed by atoms with Gasteiger partial charge in [-0.3, -0.25) is 9.36 Å². The summed E-state index contributed by atoms with van der Waals surface area (Å²) in [6, 6.07) is 14.5. The molecule has 0 saturated carbocycles. The molecule has 0 radical (unpaired) electrons. The van der Waals surface area contributed by atoms with Crippen LogP contribution in [0.2, 0.25) is 0 Å². The highest BCUT2D eigenvalue weighted by molar-refractivity contribution is 7.98. The van der Waals surface area contributed by atoms with Crippen LogP contribution in [0.25, 0.3) is 16.6 Å². The molecule has 0 aliphatic heterocycles. The molecule has 8 heteroatoms. The maximum Gasteiger partial charge on any atom is 0.374 e. The van der Waals surface area contributed by atoms with E-state index in [1.54, 1.807) is 31.2 Å². The number of benzene rings is 2. The van der Waals surface area contributed by atoms with Gasteiger partial charge >= 0.3 is 5.97 Å². The maximum atomic E-state index is 13.4. The number of hydrogen-bond donors (Lipinski definition) is 0. The summed E-state index contributed by atoms with van der Waals surface area (Å²) < 4.78 is 25.2. The number of carbonyl (C=O) groups excluding carboxylic acids is 1. The standard InChI is InChI=1S/C22H17FN2O4S/c1-13-11-16(29-19(13)21(27)28-2)12-30-22-24-18-6-4-3-5-17(18)20(26)25(22)15-9-7-14(23)8-10-15/h3-11H,12H2,1-2H3. The van der Waals surface area contributed by atoms with Gasteiger partial charge < -0.3 is 9.15 Å². The topological polar surface area (TPSA) is 74.3 Å². The van der Waals surface area contributed by atoms with Crippen LogP contribution in [-0.4, -0.2) is 22.6 Å². The molecule has 152 valence electrons. The third-order valence-electron chi connectivity index (χ3n) is 4.51. The van der Waals surface area contributed by atoms with Gasteiger partial charge in [-0.25, -0.2) is 14.2 Å². The van der Waals surface area contributed by atoms with E-state index in [-0.39, 0.29) is 11.3 Å². The Bertz CT molecular complexity index is 1290. The molecule has 0 saturated heterocycles. The molecule has 4 aromatic rings. The first kappa shape index (κ1) is 19.9. The Kier molecular flexibility index (Phi) is 5.41. The highest BCUT2D eigenvalue weighted by Gasteiger charge is 2.18. The number of furan rings is 1. The minimum absolute atomic E-state index is 0.149. The van der Waals surface area contributed by atoms with Crippen molar-refractivity contribution in [2.75, 3.05) is 7.11 Å². The van der Waals surface area contributed by atoms with E-state index >= 15 is 0 Å². The van der Waals surface area contributed by atoms with Crippen molar-refractivity contribution in [3.8, 4) is 5.69 Å². The summed E-state index contributed by atoms with van der Waals surface area (Å²) in [5, 5.41) is 0.895. The van der Waals surface area contributed by atoms with E-state index in [0.29, 0.717) is 38.8 Å². The molecule has 30 heavy (non-hydrogen) atoms. The normalized spacial score (nSPS) is 11.0. The van der Waals surface area contributed by atoms with Gasteiger partial charge in [0.2, 0.25) is 5.76 Å². The molecule has 2 aromatic carbocycles. The quantitative estimate of drug-likeness (QED) is 0.267. The third kappa shape index (κ3) is 3.73. The summed E-state index contributed by atoms with van der Waals surface area (Å²) in [6.45, 7) is 1.76. The lowest BCUT2D eigenvalue weighted by Crippen LogP contribution is -2.21. The summed E-state index contributed by atoms with van der Waals surface area (Å²) in [7, 11) is 1.29. The van der Waals surface area contributed by atoms with Gasteiger partial charge in [0, 0.05) is 5.56 Å². The molecule has 0 aliphatic carbocycles. The van der Waals surface area contributed by atoms with E-state index in [1.807, 2.05) is 6.07 Å². The number of ether oxygens (including phenoxy) is 1. The lowest BCUT2D eigenvalue weighted by Gasteiger charge is -2.12. The van der Waals surface area contributed by atoms with Crippen molar-refractivity contribution in [2.24, 2.45) is 0 Å². The van der Waals surface area contributed by atoms with Crippen molar-refractivity contribution in [2.45, 2.75) is 17.8 Å². The van der Waals surface area contributed by atoms with Crippen LogP contribution < -0.4 is 5.56 Å². The number of rotatable bonds is 5. The van der Waals surface area contributed by atoms with Crippen LogP contribution in [0.5, 0.6) is 0 Å². The zero-order valence-electron chi connectivity index (χ0n) is 16.2. The Hall–Kier alpha value is -3.39. The van der Waals surface area contributed by atoms with Crippen LogP contribution in [0, 0.1) is 12.7 Å². The number of methoxy groups -OCH3 is 1. The van der Waals surface area contributed by atoms with Gasteiger partial charge in [0.1, 0.15) is 11.6 Å². The number of aryl methyl sites for hydroxylation is 1. The van der Waals surface area contributed by atoms with Crippen molar-refractivity contribution in [3.05, 3.63) is 87.9 Å². The van der Waals surface area contributed by atoms with Crippen LogP contribution in [0.4, 0.5) is 4.39 Å². The minimum atomic E-state index is -0.546. The number of para-hydroxylation sites is 1. The zero-order chi connectivity index (χ0) is 21.3. The van der Waals surface area contributed by atoms with E-state index in [1.165, 1.54) is 47.7 Å². The van der Waals surface area contributed by atoms with E-state index in [9.17, 15) is 14.0 Å². The second-order valence-corrected chi connectivity index (χ2v) is 7.48. The zero-order valence-corrected chi connectivity index (χ0v) is 17.0. The lowest BCUT2D eigenvalue weighted by molar-refractivity contribution is 0.0562. The number of aromatic nitrogens is 2. The Labute approximate surface area is 175 Å². The first-order valence-corrected chi connectivity index (χ1v) is 10.0. The predicted octanol–water partition coefficient (Wildman–Crippen LogP) is 4.51. The van der Waals surface area contributed by atoms with Gasteiger partial charge in [-0.2, -0.15) is 0 Å². The largest absolute Gasteiger partial charge is 0.463 e. The van der Waals surface area contributed by atoms with Crippen molar-refractivity contribution < 1.29 is 18.3 Å². The fourth-order valence-electron chi connectivity index (χ4n) is 3.08. The average Bonchev–Trinajstić information content (AvgIpc) is 3.13. The summed E-state index contributed by atoms with van der Waals surface area (Å²) in [5.74, 6) is 0.0949. The highest BCUT2D eigenvalue weighted by atomic mass is 32.2. The SMILES string of the molecule is COC(=O)c1oc(CSc2nc3ccccc3c(=O)n2-c2ccc(F)cc2)cc1C. The molecule has 6 nitrogen and oxygen atoms in total. The molecule has 2 heterocycles. The molecule has 0 unspecified atom stereocenters. The Balaban J connectivity index is 1.76. The molecule has 4 rings (SSSR count). The summed E-state index contributed by atoms with van der Waals surface area (Å²) in [5.41, 5.74) is 1.49. The molecule has 0 fully saturated rings. The molecule has 2 aromatic heterocycles. The number of hydrogen-bond acceptors (Lipinski definition) is 6. The number of carbonyl (C=O) groups is 1.